The second-order valence-electron chi connectivity index (χ2n) is 4.74. The highest BCUT2D eigenvalue weighted by molar-refractivity contribution is 6.31. The summed E-state index contributed by atoms with van der Waals surface area (Å²) in [5.74, 6) is 0. The Morgan fingerprint density at radius 2 is 2.00 bits per heavy atom. The van der Waals surface area contributed by atoms with E-state index in [2.05, 4.69) is 5.10 Å². The number of rotatable bonds is 5. The van der Waals surface area contributed by atoms with Gasteiger partial charge in [-0.05, 0) is 18.9 Å². The number of hydrogen-bond acceptors (Lipinski definition) is 3. The molecule has 0 N–H and O–H groups in total. The summed E-state index contributed by atoms with van der Waals surface area (Å²) in [7, 11) is 0. The molecule has 0 fully saturated rings. The maximum atomic E-state index is 11.1. The highest BCUT2D eigenvalue weighted by Gasteiger charge is 2.25. The number of nitrogens with zero attached hydrogens (tertiary/aromatic N) is 3. The van der Waals surface area contributed by atoms with Gasteiger partial charge in [-0.3, -0.25) is 10.1 Å². The summed E-state index contributed by atoms with van der Waals surface area (Å²) in [6.45, 7) is 4.40. The fourth-order valence-corrected chi connectivity index (χ4v) is 2.31. The molecule has 2 rings (SSSR count). The van der Waals surface area contributed by atoms with Gasteiger partial charge < -0.3 is 0 Å². The molecule has 0 bridgehead atoms. The average molecular weight is 294 g/mol. The molecule has 0 spiro atoms. The summed E-state index contributed by atoms with van der Waals surface area (Å²) >= 11 is 6.10. The standard InChI is InChI=1S/C14H16ClN3O2/c1-3-4-12-13(18(19)20)14(15)17(16-12)9-11-7-5-10(2)6-8-11/h5-8H,3-4,9H2,1-2H3. The van der Waals surface area contributed by atoms with E-state index in [0.717, 1.165) is 17.5 Å². The Balaban J connectivity index is 2.34. The van der Waals surface area contributed by atoms with E-state index in [1.807, 2.05) is 38.1 Å². The zero-order valence-corrected chi connectivity index (χ0v) is 12.2. The van der Waals surface area contributed by atoms with Gasteiger partial charge in [-0.25, -0.2) is 4.68 Å². The first-order valence-corrected chi connectivity index (χ1v) is 6.85. The number of aryl methyl sites for hydroxylation is 2. The normalized spacial score (nSPS) is 10.8. The molecule has 0 aliphatic carbocycles. The first-order chi connectivity index (χ1) is 9.52. The van der Waals surface area contributed by atoms with Crippen molar-refractivity contribution in [1.29, 1.82) is 0 Å². The minimum Gasteiger partial charge on any atom is -0.258 e. The van der Waals surface area contributed by atoms with Crippen LogP contribution in [0.2, 0.25) is 5.15 Å². The lowest BCUT2D eigenvalue weighted by atomic mass is 10.1. The van der Waals surface area contributed by atoms with Gasteiger partial charge in [0.15, 0.2) is 0 Å². The topological polar surface area (TPSA) is 61.0 Å². The number of benzene rings is 1. The van der Waals surface area contributed by atoms with E-state index in [9.17, 15) is 10.1 Å². The molecule has 1 heterocycles. The first kappa shape index (κ1) is 14.5. The summed E-state index contributed by atoms with van der Waals surface area (Å²) in [5, 5.41) is 15.5. The van der Waals surface area contributed by atoms with Crippen LogP contribution in [-0.2, 0) is 13.0 Å². The molecule has 2 aromatic rings. The van der Waals surface area contributed by atoms with Crippen molar-refractivity contribution in [1.82, 2.24) is 9.78 Å². The Labute approximate surface area is 122 Å². The van der Waals surface area contributed by atoms with Crippen molar-refractivity contribution in [3.8, 4) is 0 Å². The predicted molar refractivity (Wildman–Crippen MR) is 78.2 cm³/mol. The molecule has 0 amide bonds. The molecular formula is C14H16ClN3O2. The minimum atomic E-state index is -0.452. The molecule has 0 unspecified atom stereocenters. The lowest BCUT2D eigenvalue weighted by molar-refractivity contribution is -0.385. The van der Waals surface area contributed by atoms with Crippen LogP contribution in [0.4, 0.5) is 5.69 Å². The van der Waals surface area contributed by atoms with E-state index in [4.69, 9.17) is 11.6 Å². The Morgan fingerprint density at radius 3 is 2.55 bits per heavy atom. The lowest BCUT2D eigenvalue weighted by Gasteiger charge is -2.03. The maximum Gasteiger partial charge on any atom is 0.329 e. The van der Waals surface area contributed by atoms with Gasteiger partial charge >= 0.3 is 5.69 Å². The number of halogens is 1. The van der Waals surface area contributed by atoms with Crippen molar-refractivity contribution in [2.75, 3.05) is 0 Å². The highest BCUT2D eigenvalue weighted by atomic mass is 35.5. The molecule has 6 heteroatoms. The highest BCUT2D eigenvalue weighted by Crippen LogP contribution is 2.29. The lowest BCUT2D eigenvalue weighted by Crippen LogP contribution is -2.02. The van der Waals surface area contributed by atoms with Gasteiger partial charge in [0, 0.05) is 0 Å². The number of nitro groups is 1. The summed E-state index contributed by atoms with van der Waals surface area (Å²) in [5.41, 5.74) is 2.56. The van der Waals surface area contributed by atoms with E-state index < -0.39 is 4.92 Å². The smallest absolute Gasteiger partial charge is 0.258 e. The third-order valence-corrected chi connectivity index (χ3v) is 3.43. The summed E-state index contributed by atoms with van der Waals surface area (Å²) < 4.78 is 1.50. The summed E-state index contributed by atoms with van der Waals surface area (Å²) in [6, 6.07) is 7.93. The number of aromatic nitrogens is 2. The number of hydrogen-bond donors (Lipinski definition) is 0. The zero-order chi connectivity index (χ0) is 14.7. The third kappa shape index (κ3) is 2.99. The van der Waals surface area contributed by atoms with Crippen molar-refractivity contribution in [3.05, 3.63) is 56.4 Å². The average Bonchev–Trinajstić information content (AvgIpc) is 2.69. The maximum absolute atomic E-state index is 11.1. The van der Waals surface area contributed by atoms with Gasteiger partial charge in [0.05, 0.1) is 11.5 Å². The molecule has 0 atom stereocenters. The third-order valence-electron chi connectivity index (χ3n) is 3.06. The molecule has 1 aromatic heterocycles. The fraction of sp³-hybridized carbons (Fsp3) is 0.357. The van der Waals surface area contributed by atoms with Crippen molar-refractivity contribution in [2.45, 2.75) is 33.2 Å². The molecule has 106 valence electrons. The Kier molecular flexibility index (Phi) is 4.39. The van der Waals surface area contributed by atoms with Crippen LogP contribution in [0.25, 0.3) is 0 Å². The van der Waals surface area contributed by atoms with E-state index in [1.54, 1.807) is 0 Å². The van der Waals surface area contributed by atoms with Crippen LogP contribution in [0.15, 0.2) is 24.3 Å². The Bertz CT molecular complexity index is 620. The first-order valence-electron chi connectivity index (χ1n) is 6.48. The SMILES string of the molecule is CCCc1nn(Cc2ccc(C)cc2)c(Cl)c1[N+](=O)[O-]. The van der Waals surface area contributed by atoms with Gasteiger partial charge in [-0.1, -0.05) is 54.8 Å². The van der Waals surface area contributed by atoms with E-state index in [1.165, 1.54) is 4.68 Å². The molecule has 20 heavy (non-hydrogen) atoms. The van der Waals surface area contributed by atoms with Gasteiger partial charge in [0.25, 0.3) is 0 Å². The Hall–Kier alpha value is -1.88. The van der Waals surface area contributed by atoms with Crippen molar-refractivity contribution in [3.63, 3.8) is 0 Å². The van der Waals surface area contributed by atoms with Gasteiger partial charge in [-0.15, -0.1) is 0 Å². The molecular weight excluding hydrogens is 278 g/mol. The van der Waals surface area contributed by atoms with Crippen LogP contribution in [0.1, 0.15) is 30.2 Å². The predicted octanol–water partition coefficient (Wildman–Crippen LogP) is 3.75. The van der Waals surface area contributed by atoms with E-state index in [-0.39, 0.29) is 10.8 Å². The van der Waals surface area contributed by atoms with Crippen LogP contribution in [0.5, 0.6) is 0 Å². The van der Waals surface area contributed by atoms with Crippen LogP contribution >= 0.6 is 11.6 Å². The van der Waals surface area contributed by atoms with Crippen LogP contribution in [-0.4, -0.2) is 14.7 Å². The quantitative estimate of drug-likeness (QED) is 0.623. The van der Waals surface area contributed by atoms with Gasteiger partial charge in [0.2, 0.25) is 5.15 Å². The van der Waals surface area contributed by atoms with Crippen LogP contribution in [0, 0.1) is 17.0 Å². The van der Waals surface area contributed by atoms with E-state index in [0.29, 0.717) is 18.7 Å². The van der Waals surface area contributed by atoms with Crippen LogP contribution in [0.3, 0.4) is 0 Å². The monoisotopic (exact) mass is 293 g/mol. The molecule has 5 nitrogen and oxygen atoms in total. The largest absolute Gasteiger partial charge is 0.329 e. The van der Waals surface area contributed by atoms with Crippen molar-refractivity contribution in [2.24, 2.45) is 0 Å². The minimum absolute atomic E-state index is 0.0689. The van der Waals surface area contributed by atoms with Crippen molar-refractivity contribution < 1.29 is 4.92 Å². The fourth-order valence-electron chi connectivity index (χ4n) is 2.04. The second kappa shape index (κ2) is 6.05. The molecule has 1 aromatic carbocycles. The summed E-state index contributed by atoms with van der Waals surface area (Å²) in [4.78, 5) is 10.6. The van der Waals surface area contributed by atoms with Gasteiger partial charge in [-0.2, -0.15) is 5.10 Å². The molecule has 0 aliphatic heterocycles. The van der Waals surface area contributed by atoms with Crippen molar-refractivity contribution >= 4 is 17.3 Å². The molecule has 0 saturated heterocycles. The molecule has 0 saturated carbocycles. The second-order valence-corrected chi connectivity index (χ2v) is 5.09. The van der Waals surface area contributed by atoms with Crippen LogP contribution < -0.4 is 0 Å². The summed E-state index contributed by atoms with van der Waals surface area (Å²) in [6.07, 6.45) is 1.34. The van der Waals surface area contributed by atoms with Gasteiger partial charge in [0.1, 0.15) is 5.69 Å². The zero-order valence-electron chi connectivity index (χ0n) is 11.5. The van der Waals surface area contributed by atoms with E-state index >= 15 is 0 Å². The molecule has 0 aliphatic rings. The Morgan fingerprint density at radius 1 is 1.35 bits per heavy atom. The molecule has 0 radical (unpaired) electrons.